The van der Waals surface area contributed by atoms with Crippen LogP contribution >= 0.6 is 0 Å². The molecule has 0 saturated heterocycles. The average molecular weight is 289 g/mol. The molecule has 6 heteroatoms. The molecule has 1 aromatic rings. The Balaban J connectivity index is 0.000000251. The Bertz CT molecular complexity index is 406. The molecule has 0 spiro atoms. The van der Waals surface area contributed by atoms with E-state index in [0.29, 0.717) is 10.7 Å². The van der Waals surface area contributed by atoms with Crippen molar-refractivity contribution in [3.8, 4) is 0 Å². The van der Waals surface area contributed by atoms with Gasteiger partial charge in [0.1, 0.15) is 0 Å². The zero-order chi connectivity index (χ0) is 9.68. The number of carbonyl (C=O) groups excluding carboxylic acids is 1. The molecule has 1 aliphatic heterocycles. The molecule has 13 heavy (non-hydrogen) atoms. The number of hydrogen-bond acceptors (Lipinski definition) is 2. The van der Waals surface area contributed by atoms with E-state index in [0.717, 1.165) is 0 Å². The first-order chi connectivity index (χ1) is 6.27. The van der Waals surface area contributed by atoms with Gasteiger partial charge in [0.25, 0.3) is 0 Å². The molecule has 1 heterocycles. The SMILES string of the molecule is O=C1N=c2ccccc2=N1.[O]=[SbH2][OH]. The summed E-state index contributed by atoms with van der Waals surface area (Å²) in [6, 6.07) is 6.79. The molecule has 2 rings (SSSR count). The van der Waals surface area contributed by atoms with E-state index in [1.54, 1.807) is 12.1 Å². The summed E-state index contributed by atoms with van der Waals surface area (Å²) in [5.41, 5.74) is 0. The van der Waals surface area contributed by atoms with Crippen molar-refractivity contribution < 1.29 is 11.2 Å². The topological polar surface area (TPSA) is 79.1 Å². The Kier molecular flexibility index (Phi) is 3.86. The average Bonchev–Trinajstić information content (AvgIpc) is 2.45. The van der Waals surface area contributed by atoms with Gasteiger partial charge >= 0.3 is 34.5 Å². The van der Waals surface area contributed by atoms with Crippen molar-refractivity contribution in [3.05, 3.63) is 35.0 Å². The maximum absolute atomic E-state index is 10.6. The van der Waals surface area contributed by atoms with E-state index in [9.17, 15) is 4.79 Å². The van der Waals surface area contributed by atoms with E-state index in [2.05, 4.69) is 9.98 Å². The summed E-state index contributed by atoms with van der Waals surface area (Å²) in [4.78, 5) is 17.9. The Morgan fingerprint density at radius 2 is 1.54 bits per heavy atom. The van der Waals surface area contributed by atoms with Gasteiger partial charge in [-0.05, 0) is 12.1 Å². The summed E-state index contributed by atoms with van der Waals surface area (Å²) in [7, 11) is 0. The molecule has 5 nitrogen and oxygen atoms in total. The van der Waals surface area contributed by atoms with Crippen molar-refractivity contribution >= 4 is 28.1 Å². The van der Waals surface area contributed by atoms with Gasteiger partial charge in [0.05, 0.1) is 10.7 Å². The molecule has 0 aliphatic carbocycles. The van der Waals surface area contributed by atoms with Crippen molar-refractivity contribution in [2.75, 3.05) is 0 Å². The van der Waals surface area contributed by atoms with Gasteiger partial charge in [0.15, 0.2) is 0 Å². The van der Waals surface area contributed by atoms with Crippen molar-refractivity contribution in [2.24, 2.45) is 9.98 Å². The van der Waals surface area contributed by atoms with E-state index in [-0.39, 0.29) is 0 Å². The Hall–Kier alpha value is -0.932. The summed E-state index contributed by atoms with van der Waals surface area (Å²) in [6.07, 6.45) is 0. The van der Waals surface area contributed by atoms with Gasteiger partial charge in [0, 0.05) is 0 Å². The van der Waals surface area contributed by atoms with E-state index in [4.69, 9.17) is 6.40 Å². The Morgan fingerprint density at radius 3 is 1.92 bits per heavy atom. The molecule has 0 saturated carbocycles. The number of urea groups is 1. The van der Waals surface area contributed by atoms with Gasteiger partial charge in [-0.3, -0.25) is 0 Å². The van der Waals surface area contributed by atoms with Crippen LogP contribution in [0, 0.1) is 0 Å². The molecule has 1 aliphatic rings. The summed E-state index contributed by atoms with van der Waals surface area (Å²) in [6.45, 7) is 0. The van der Waals surface area contributed by atoms with Gasteiger partial charge in [-0.25, -0.2) is 4.79 Å². The van der Waals surface area contributed by atoms with Crippen LogP contribution in [0.3, 0.4) is 0 Å². The van der Waals surface area contributed by atoms with Crippen LogP contribution in [0.25, 0.3) is 0 Å². The zero-order valence-electron chi connectivity index (χ0n) is 6.54. The van der Waals surface area contributed by atoms with Crippen molar-refractivity contribution in [1.29, 1.82) is 0 Å². The Labute approximate surface area is 84.3 Å². The maximum atomic E-state index is 10.6. The number of para-hydroxylation sites is 2. The number of fused-ring (bicyclic) bond motifs is 1. The second kappa shape index (κ2) is 4.94. The molecule has 0 bridgehead atoms. The molecule has 1 aromatic carbocycles. The van der Waals surface area contributed by atoms with Gasteiger partial charge in [-0.15, -0.1) is 0 Å². The summed E-state index contributed by atoms with van der Waals surface area (Å²) < 4.78 is 15.9. The molecule has 0 radical (unpaired) electrons. The van der Waals surface area contributed by atoms with E-state index in [1.165, 1.54) is 0 Å². The van der Waals surface area contributed by atoms with Crippen LogP contribution in [0.1, 0.15) is 0 Å². The van der Waals surface area contributed by atoms with Gasteiger partial charge < -0.3 is 0 Å². The third-order valence-corrected chi connectivity index (χ3v) is 1.31. The first-order valence-corrected chi connectivity index (χ1v) is 6.24. The minimum atomic E-state index is -2.14. The van der Waals surface area contributed by atoms with Crippen LogP contribution in [0.5, 0.6) is 0 Å². The molecule has 0 unspecified atom stereocenters. The van der Waals surface area contributed by atoms with Crippen LogP contribution < -0.4 is 10.7 Å². The molecular formula is C7H7N2O3Sb. The fraction of sp³-hybridized carbons (Fsp3) is 0. The first kappa shape index (κ1) is 10.2. The summed E-state index contributed by atoms with van der Waals surface area (Å²) in [5.74, 6) is 0. The molecule has 0 fully saturated rings. The molecular weight excluding hydrogens is 282 g/mol. The third kappa shape index (κ3) is 2.79. The fourth-order valence-corrected chi connectivity index (χ4v) is 0.884. The van der Waals surface area contributed by atoms with Crippen LogP contribution in [-0.2, 0) is 3.02 Å². The van der Waals surface area contributed by atoms with Crippen LogP contribution in [0.15, 0.2) is 34.3 Å². The normalized spacial score (nSPS) is 12.8. The number of carbonyl (C=O) groups is 1. The molecule has 1 N–H and O–H groups in total. The number of benzene rings is 1. The quantitative estimate of drug-likeness (QED) is 0.588. The van der Waals surface area contributed by atoms with E-state index in [1.807, 2.05) is 12.1 Å². The van der Waals surface area contributed by atoms with Gasteiger partial charge in [0.2, 0.25) is 0 Å². The number of rotatable bonds is 0. The minimum absolute atomic E-state index is 0.402. The van der Waals surface area contributed by atoms with E-state index >= 15 is 0 Å². The van der Waals surface area contributed by atoms with Crippen LogP contribution in [0.4, 0.5) is 4.79 Å². The number of nitrogens with zero attached hydrogens (tertiary/aromatic N) is 2. The molecule has 2 amide bonds. The van der Waals surface area contributed by atoms with Crippen LogP contribution in [-0.4, -0.2) is 31.4 Å². The van der Waals surface area contributed by atoms with Gasteiger partial charge in [-0.2, -0.15) is 9.98 Å². The first-order valence-electron chi connectivity index (χ1n) is 3.42. The predicted octanol–water partition coefficient (Wildman–Crippen LogP) is -1.53. The van der Waals surface area contributed by atoms with Crippen molar-refractivity contribution in [2.45, 2.75) is 0 Å². The predicted molar refractivity (Wildman–Crippen MR) is 45.6 cm³/mol. The standard InChI is InChI=1S/C7H4N2O.H2O.O.Sb.2H/c10-7-8-5-3-1-2-4-6(5)9-7;;;;;/h1-4H;1H2;;;;/q;;;+1;;/p-1. The zero-order valence-corrected chi connectivity index (χ0v) is 9.84. The monoisotopic (exact) mass is 288 g/mol. The second-order valence-electron chi connectivity index (χ2n) is 2.10. The fourth-order valence-electron chi connectivity index (χ4n) is 0.884. The molecule has 68 valence electrons. The summed E-state index contributed by atoms with van der Waals surface area (Å²) >= 11 is -2.14. The van der Waals surface area contributed by atoms with Crippen LogP contribution in [0.2, 0.25) is 0 Å². The molecule has 0 aromatic heterocycles. The Morgan fingerprint density at radius 1 is 1.15 bits per heavy atom. The van der Waals surface area contributed by atoms with E-state index < -0.39 is 28.1 Å². The number of hydrogen-bond donors (Lipinski definition) is 1. The number of amides is 2. The van der Waals surface area contributed by atoms with Crippen molar-refractivity contribution in [1.82, 2.24) is 0 Å². The third-order valence-electron chi connectivity index (χ3n) is 1.31. The second-order valence-corrected chi connectivity index (χ2v) is 2.70. The van der Waals surface area contributed by atoms with Gasteiger partial charge in [-0.1, -0.05) is 12.1 Å². The molecule has 0 atom stereocenters. The summed E-state index contributed by atoms with van der Waals surface area (Å²) in [5, 5.41) is 1.35. The van der Waals surface area contributed by atoms with Crippen molar-refractivity contribution in [3.63, 3.8) is 0 Å².